The Balaban J connectivity index is 2.71. The van der Waals surface area contributed by atoms with Crippen LogP contribution < -0.4 is 10.6 Å². The molecule has 0 aromatic carbocycles. The standard InChI is InChI=1S/C15H28N2O4/c1-10(2)20-13(18)12(11-6-8-16-9-7-11)17-14(19)21-15(3,4)5/h10-12,16H,6-9H2,1-5H3,(H,17,19). The summed E-state index contributed by atoms with van der Waals surface area (Å²) < 4.78 is 10.5. The molecule has 6 nitrogen and oxygen atoms in total. The third-order valence-electron chi connectivity index (χ3n) is 3.13. The van der Waals surface area contributed by atoms with Crippen molar-refractivity contribution in [1.82, 2.24) is 10.6 Å². The highest BCUT2D eigenvalue weighted by molar-refractivity contribution is 5.81. The van der Waals surface area contributed by atoms with E-state index in [1.54, 1.807) is 34.6 Å². The minimum Gasteiger partial charge on any atom is -0.461 e. The summed E-state index contributed by atoms with van der Waals surface area (Å²) in [4.78, 5) is 24.2. The molecule has 0 radical (unpaired) electrons. The fourth-order valence-corrected chi connectivity index (χ4v) is 2.29. The molecule has 0 aromatic heterocycles. The van der Waals surface area contributed by atoms with Crippen LogP contribution in [0.2, 0.25) is 0 Å². The van der Waals surface area contributed by atoms with Crippen LogP contribution in [-0.4, -0.2) is 42.9 Å². The average Bonchev–Trinajstić information content (AvgIpc) is 2.34. The summed E-state index contributed by atoms with van der Waals surface area (Å²) in [6.45, 7) is 10.6. The Morgan fingerprint density at radius 1 is 1.19 bits per heavy atom. The van der Waals surface area contributed by atoms with Crippen molar-refractivity contribution in [3.63, 3.8) is 0 Å². The van der Waals surface area contributed by atoms with E-state index in [0.29, 0.717) is 0 Å². The highest BCUT2D eigenvalue weighted by Crippen LogP contribution is 2.19. The van der Waals surface area contributed by atoms with Gasteiger partial charge < -0.3 is 20.1 Å². The molecule has 1 fully saturated rings. The van der Waals surface area contributed by atoms with E-state index in [-0.39, 0.29) is 18.0 Å². The third-order valence-corrected chi connectivity index (χ3v) is 3.13. The van der Waals surface area contributed by atoms with Crippen LogP contribution in [0.5, 0.6) is 0 Å². The van der Waals surface area contributed by atoms with Gasteiger partial charge in [0.05, 0.1) is 6.10 Å². The van der Waals surface area contributed by atoms with E-state index < -0.39 is 17.7 Å². The number of esters is 1. The molecular formula is C15H28N2O4. The molecule has 0 aliphatic carbocycles. The van der Waals surface area contributed by atoms with Gasteiger partial charge in [0.25, 0.3) is 0 Å². The molecule has 1 aliphatic heterocycles. The SMILES string of the molecule is CC(C)OC(=O)C(NC(=O)OC(C)(C)C)C1CCNCC1. The van der Waals surface area contributed by atoms with Crippen LogP contribution in [-0.2, 0) is 14.3 Å². The van der Waals surface area contributed by atoms with E-state index in [1.807, 2.05) is 0 Å². The quantitative estimate of drug-likeness (QED) is 0.775. The molecule has 0 aromatic rings. The van der Waals surface area contributed by atoms with Gasteiger partial charge in [-0.25, -0.2) is 9.59 Å². The second kappa shape index (κ2) is 7.64. The Morgan fingerprint density at radius 2 is 1.76 bits per heavy atom. The minimum atomic E-state index is -0.649. The molecule has 2 N–H and O–H groups in total. The molecule has 1 unspecified atom stereocenters. The topological polar surface area (TPSA) is 76.7 Å². The molecule has 1 saturated heterocycles. The first-order chi connectivity index (χ1) is 9.69. The highest BCUT2D eigenvalue weighted by Gasteiger charge is 2.33. The lowest BCUT2D eigenvalue weighted by atomic mass is 9.90. The van der Waals surface area contributed by atoms with Gasteiger partial charge in [0, 0.05) is 0 Å². The molecule has 21 heavy (non-hydrogen) atoms. The zero-order valence-corrected chi connectivity index (χ0v) is 13.7. The van der Waals surface area contributed by atoms with E-state index in [9.17, 15) is 9.59 Å². The number of carbonyl (C=O) groups is 2. The van der Waals surface area contributed by atoms with Gasteiger partial charge in [-0.05, 0) is 66.5 Å². The predicted molar refractivity (Wildman–Crippen MR) is 80.0 cm³/mol. The summed E-state index contributed by atoms with van der Waals surface area (Å²) in [6, 6.07) is -0.649. The smallest absolute Gasteiger partial charge is 0.408 e. The second-order valence-corrected chi connectivity index (χ2v) is 6.70. The number of rotatable bonds is 4. The molecule has 1 rings (SSSR count). The number of nitrogens with one attached hydrogen (secondary N) is 2. The van der Waals surface area contributed by atoms with Crippen LogP contribution in [0, 0.1) is 5.92 Å². The van der Waals surface area contributed by atoms with E-state index in [1.165, 1.54) is 0 Å². The molecule has 6 heteroatoms. The minimum absolute atomic E-state index is 0.0741. The third kappa shape index (κ3) is 6.80. The maximum atomic E-state index is 12.2. The van der Waals surface area contributed by atoms with Gasteiger partial charge in [-0.3, -0.25) is 0 Å². The maximum absolute atomic E-state index is 12.2. The Bertz CT molecular complexity index is 357. The molecule has 1 atom stereocenters. The molecule has 0 bridgehead atoms. The van der Waals surface area contributed by atoms with E-state index in [0.717, 1.165) is 25.9 Å². The predicted octanol–water partition coefficient (Wildman–Crippen LogP) is 1.83. The summed E-state index contributed by atoms with van der Waals surface area (Å²) >= 11 is 0. The number of carbonyl (C=O) groups excluding carboxylic acids is 2. The lowest BCUT2D eigenvalue weighted by Crippen LogP contribution is -2.51. The maximum Gasteiger partial charge on any atom is 0.408 e. The molecule has 1 amide bonds. The first-order valence-electron chi connectivity index (χ1n) is 7.60. The lowest BCUT2D eigenvalue weighted by molar-refractivity contribution is -0.151. The largest absolute Gasteiger partial charge is 0.461 e. The second-order valence-electron chi connectivity index (χ2n) is 6.70. The fraction of sp³-hybridized carbons (Fsp3) is 0.867. The van der Waals surface area contributed by atoms with Crippen LogP contribution in [0.1, 0.15) is 47.5 Å². The summed E-state index contributed by atoms with van der Waals surface area (Å²) in [5, 5.41) is 5.93. The number of piperidine rings is 1. The number of alkyl carbamates (subject to hydrolysis) is 1. The van der Waals surface area contributed by atoms with Crippen molar-refractivity contribution in [2.45, 2.75) is 65.2 Å². The van der Waals surface area contributed by atoms with Gasteiger partial charge in [0.1, 0.15) is 11.6 Å². The van der Waals surface area contributed by atoms with Gasteiger partial charge >= 0.3 is 12.1 Å². The van der Waals surface area contributed by atoms with Crippen LogP contribution in [0.3, 0.4) is 0 Å². The van der Waals surface area contributed by atoms with Gasteiger partial charge in [0.2, 0.25) is 0 Å². The summed E-state index contributed by atoms with van der Waals surface area (Å²) in [7, 11) is 0. The molecule has 122 valence electrons. The van der Waals surface area contributed by atoms with Crippen molar-refractivity contribution in [2.75, 3.05) is 13.1 Å². The summed E-state index contributed by atoms with van der Waals surface area (Å²) in [5.74, 6) is -0.312. The molecule has 0 saturated carbocycles. The van der Waals surface area contributed by atoms with Gasteiger partial charge in [-0.1, -0.05) is 0 Å². The molecule has 0 spiro atoms. The van der Waals surface area contributed by atoms with Crippen molar-refractivity contribution in [2.24, 2.45) is 5.92 Å². The monoisotopic (exact) mass is 300 g/mol. The van der Waals surface area contributed by atoms with Crippen LogP contribution in [0.15, 0.2) is 0 Å². The number of ether oxygens (including phenoxy) is 2. The summed E-state index contributed by atoms with van der Waals surface area (Å²) in [6.07, 6.45) is 0.871. The first kappa shape index (κ1) is 17.8. The van der Waals surface area contributed by atoms with Crippen molar-refractivity contribution >= 4 is 12.1 Å². The zero-order chi connectivity index (χ0) is 16.0. The van der Waals surface area contributed by atoms with Crippen LogP contribution in [0.25, 0.3) is 0 Å². The van der Waals surface area contributed by atoms with Crippen molar-refractivity contribution in [1.29, 1.82) is 0 Å². The lowest BCUT2D eigenvalue weighted by Gasteiger charge is -2.31. The molecule has 1 heterocycles. The van der Waals surface area contributed by atoms with Crippen LogP contribution >= 0.6 is 0 Å². The summed E-state index contributed by atoms with van der Waals surface area (Å²) in [5.41, 5.74) is -0.593. The first-order valence-corrected chi connectivity index (χ1v) is 7.60. The van der Waals surface area contributed by atoms with Crippen molar-refractivity contribution < 1.29 is 19.1 Å². The van der Waals surface area contributed by atoms with Gasteiger partial charge in [0.15, 0.2) is 0 Å². The normalized spacial score (nSPS) is 18.2. The Hall–Kier alpha value is -1.30. The van der Waals surface area contributed by atoms with Gasteiger partial charge in [-0.2, -0.15) is 0 Å². The van der Waals surface area contributed by atoms with E-state index >= 15 is 0 Å². The zero-order valence-electron chi connectivity index (χ0n) is 13.7. The number of amides is 1. The average molecular weight is 300 g/mol. The molecule has 1 aliphatic rings. The number of hydrogen-bond donors (Lipinski definition) is 2. The van der Waals surface area contributed by atoms with Crippen molar-refractivity contribution in [3.8, 4) is 0 Å². The fourth-order valence-electron chi connectivity index (χ4n) is 2.29. The van der Waals surface area contributed by atoms with Gasteiger partial charge in [-0.15, -0.1) is 0 Å². The van der Waals surface area contributed by atoms with Crippen LogP contribution in [0.4, 0.5) is 4.79 Å². The Kier molecular flexibility index (Phi) is 6.45. The van der Waals surface area contributed by atoms with E-state index in [2.05, 4.69) is 10.6 Å². The Labute approximate surface area is 126 Å². The Morgan fingerprint density at radius 3 is 2.24 bits per heavy atom. The molecular weight excluding hydrogens is 272 g/mol. The van der Waals surface area contributed by atoms with E-state index in [4.69, 9.17) is 9.47 Å². The van der Waals surface area contributed by atoms with Crippen molar-refractivity contribution in [3.05, 3.63) is 0 Å². The number of hydrogen-bond acceptors (Lipinski definition) is 5. The highest BCUT2D eigenvalue weighted by atomic mass is 16.6.